The Balaban J connectivity index is 1.16. The van der Waals surface area contributed by atoms with Gasteiger partial charge in [-0.15, -0.1) is 11.3 Å². The van der Waals surface area contributed by atoms with Crippen LogP contribution >= 0.6 is 11.3 Å². The molecule has 0 radical (unpaired) electrons. The fourth-order valence-corrected chi connectivity index (χ4v) is 5.46. The highest BCUT2D eigenvalue weighted by Crippen LogP contribution is 2.44. The number of thiazole rings is 1. The summed E-state index contributed by atoms with van der Waals surface area (Å²) in [6, 6.07) is 16.5. The van der Waals surface area contributed by atoms with Crippen molar-refractivity contribution in [3.05, 3.63) is 75.7 Å². The number of rotatable bonds is 6. The molecule has 3 aromatic rings. The van der Waals surface area contributed by atoms with Gasteiger partial charge in [0.2, 0.25) is 0 Å². The smallest absolute Gasteiger partial charge is 0.407 e. The molecule has 5 rings (SSSR count). The molecule has 1 amide bonds. The third-order valence-corrected chi connectivity index (χ3v) is 7.06. The van der Waals surface area contributed by atoms with Crippen molar-refractivity contribution in [1.82, 2.24) is 15.6 Å². The molecule has 1 aliphatic carbocycles. The Kier molecular flexibility index (Phi) is 6.11. The van der Waals surface area contributed by atoms with E-state index in [1.807, 2.05) is 24.3 Å². The van der Waals surface area contributed by atoms with Gasteiger partial charge < -0.3 is 20.1 Å². The van der Waals surface area contributed by atoms with Gasteiger partial charge in [-0.2, -0.15) is 0 Å². The lowest BCUT2D eigenvalue weighted by molar-refractivity contribution is 0.0520. The van der Waals surface area contributed by atoms with Crippen molar-refractivity contribution in [1.29, 1.82) is 0 Å². The Morgan fingerprint density at radius 2 is 1.79 bits per heavy atom. The Labute approximate surface area is 196 Å². The normalized spacial score (nSPS) is 19.1. The van der Waals surface area contributed by atoms with E-state index in [0.717, 1.165) is 5.01 Å². The van der Waals surface area contributed by atoms with Gasteiger partial charge in [-0.05, 0) is 35.6 Å². The largest absolute Gasteiger partial charge is 0.461 e. The SMILES string of the molecule is CCOC(=O)c1csc(C2CC(NC(=O)OCC3c4ccccc4-c4ccccc43)CN2)n1. The van der Waals surface area contributed by atoms with Crippen LogP contribution in [-0.2, 0) is 9.47 Å². The van der Waals surface area contributed by atoms with E-state index >= 15 is 0 Å². The number of benzene rings is 2. The maximum absolute atomic E-state index is 12.6. The molecule has 2 atom stereocenters. The van der Waals surface area contributed by atoms with Crippen LogP contribution in [-0.4, -0.2) is 42.8 Å². The second-order valence-corrected chi connectivity index (χ2v) is 9.04. The van der Waals surface area contributed by atoms with Crippen molar-refractivity contribution in [2.75, 3.05) is 19.8 Å². The number of amides is 1. The van der Waals surface area contributed by atoms with E-state index in [-0.39, 0.29) is 18.0 Å². The molecular weight excluding hydrogens is 438 g/mol. The summed E-state index contributed by atoms with van der Waals surface area (Å²) < 4.78 is 10.7. The van der Waals surface area contributed by atoms with Gasteiger partial charge in [0, 0.05) is 23.9 Å². The third-order valence-electron chi connectivity index (χ3n) is 6.10. The van der Waals surface area contributed by atoms with Crippen molar-refractivity contribution < 1.29 is 19.1 Å². The fourth-order valence-electron chi connectivity index (χ4n) is 4.59. The quantitative estimate of drug-likeness (QED) is 0.531. The molecule has 2 aromatic carbocycles. The van der Waals surface area contributed by atoms with E-state index < -0.39 is 12.1 Å². The maximum Gasteiger partial charge on any atom is 0.407 e. The second kappa shape index (κ2) is 9.33. The van der Waals surface area contributed by atoms with Gasteiger partial charge in [-0.1, -0.05) is 48.5 Å². The van der Waals surface area contributed by atoms with Gasteiger partial charge in [0.1, 0.15) is 11.6 Å². The van der Waals surface area contributed by atoms with Crippen LogP contribution in [0.3, 0.4) is 0 Å². The van der Waals surface area contributed by atoms with Crippen LogP contribution < -0.4 is 10.6 Å². The van der Waals surface area contributed by atoms with E-state index in [2.05, 4.69) is 39.9 Å². The fraction of sp³-hybridized carbons (Fsp3) is 0.320. The molecule has 2 heterocycles. The van der Waals surface area contributed by atoms with E-state index in [9.17, 15) is 9.59 Å². The number of carbonyl (C=O) groups is 2. The molecule has 0 spiro atoms. The molecule has 0 saturated carbocycles. The van der Waals surface area contributed by atoms with Crippen LogP contribution in [0.1, 0.15) is 51.9 Å². The summed E-state index contributed by atoms with van der Waals surface area (Å²) in [6.45, 7) is 2.99. The number of hydrogen-bond donors (Lipinski definition) is 2. The highest BCUT2D eigenvalue weighted by molar-refractivity contribution is 7.09. The summed E-state index contributed by atoms with van der Waals surface area (Å²) in [4.78, 5) is 28.8. The van der Waals surface area contributed by atoms with Crippen LogP contribution in [0.5, 0.6) is 0 Å². The topological polar surface area (TPSA) is 89.5 Å². The second-order valence-electron chi connectivity index (χ2n) is 8.15. The molecule has 0 bridgehead atoms. The first-order chi connectivity index (χ1) is 16.1. The first-order valence-corrected chi connectivity index (χ1v) is 12.0. The molecule has 1 aromatic heterocycles. The minimum Gasteiger partial charge on any atom is -0.461 e. The van der Waals surface area contributed by atoms with Crippen molar-refractivity contribution in [2.24, 2.45) is 0 Å². The van der Waals surface area contributed by atoms with Crippen LogP contribution in [0.25, 0.3) is 11.1 Å². The molecule has 2 aliphatic rings. The van der Waals surface area contributed by atoms with E-state index in [0.29, 0.717) is 31.9 Å². The lowest BCUT2D eigenvalue weighted by atomic mass is 9.98. The van der Waals surface area contributed by atoms with Crippen LogP contribution in [0, 0.1) is 0 Å². The average molecular weight is 464 g/mol. The third kappa shape index (κ3) is 4.36. The zero-order chi connectivity index (χ0) is 22.8. The van der Waals surface area contributed by atoms with E-state index in [1.54, 1.807) is 12.3 Å². The van der Waals surface area contributed by atoms with Gasteiger partial charge in [0.15, 0.2) is 5.69 Å². The van der Waals surface area contributed by atoms with Gasteiger partial charge in [-0.3, -0.25) is 0 Å². The Morgan fingerprint density at radius 1 is 1.09 bits per heavy atom. The zero-order valence-electron chi connectivity index (χ0n) is 18.2. The lowest BCUT2D eigenvalue weighted by Crippen LogP contribution is -2.37. The highest BCUT2D eigenvalue weighted by Gasteiger charge is 2.31. The molecule has 8 heteroatoms. The summed E-state index contributed by atoms with van der Waals surface area (Å²) >= 11 is 1.42. The standard InChI is InChI=1S/C25H25N3O4S/c1-2-31-24(29)22-14-33-23(28-22)21-11-15(12-26-21)27-25(30)32-13-20-18-9-5-3-7-16(18)17-8-4-6-10-19(17)20/h3-10,14-15,20-21,26H,2,11-13H2,1H3,(H,27,30). The molecular formula is C25H25N3O4S. The number of nitrogens with one attached hydrogen (secondary N) is 2. The number of carbonyl (C=O) groups excluding carboxylic acids is 2. The maximum atomic E-state index is 12.6. The minimum atomic E-state index is -0.421. The van der Waals surface area contributed by atoms with Crippen LogP contribution in [0.15, 0.2) is 53.9 Å². The van der Waals surface area contributed by atoms with Crippen molar-refractivity contribution in [3.8, 4) is 11.1 Å². The Bertz CT molecular complexity index is 1130. The summed E-state index contributed by atoms with van der Waals surface area (Å²) in [5.74, 6) is -0.375. The highest BCUT2D eigenvalue weighted by atomic mass is 32.1. The number of fused-ring (bicyclic) bond motifs is 3. The molecule has 33 heavy (non-hydrogen) atoms. The van der Waals surface area contributed by atoms with Crippen LogP contribution in [0.4, 0.5) is 4.79 Å². The zero-order valence-corrected chi connectivity index (χ0v) is 19.1. The van der Waals surface area contributed by atoms with Gasteiger partial charge in [0.25, 0.3) is 0 Å². The van der Waals surface area contributed by atoms with Crippen molar-refractivity contribution in [3.63, 3.8) is 0 Å². The number of aromatic nitrogens is 1. The molecule has 1 fully saturated rings. The van der Waals surface area contributed by atoms with Crippen molar-refractivity contribution in [2.45, 2.75) is 31.3 Å². The van der Waals surface area contributed by atoms with Crippen LogP contribution in [0.2, 0.25) is 0 Å². The number of hydrogen-bond acceptors (Lipinski definition) is 7. The number of esters is 1. The van der Waals surface area contributed by atoms with Gasteiger partial charge in [0.05, 0.1) is 12.6 Å². The van der Waals surface area contributed by atoms with Gasteiger partial charge >= 0.3 is 12.1 Å². The van der Waals surface area contributed by atoms with Crippen molar-refractivity contribution >= 4 is 23.4 Å². The lowest BCUT2D eigenvalue weighted by Gasteiger charge is -2.16. The monoisotopic (exact) mass is 463 g/mol. The Hall–Kier alpha value is -3.23. The first kappa shape index (κ1) is 21.6. The first-order valence-electron chi connectivity index (χ1n) is 11.1. The summed E-state index contributed by atoms with van der Waals surface area (Å²) in [6.07, 6.45) is 0.260. The molecule has 1 saturated heterocycles. The predicted octanol–water partition coefficient (Wildman–Crippen LogP) is 4.26. The number of ether oxygens (including phenoxy) is 2. The molecule has 1 aliphatic heterocycles. The molecule has 2 N–H and O–H groups in total. The molecule has 7 nitrogen and oxygen atoms in total. The number of nitrogens with zero attached hydrogens (tertiary/aromatic N) is 1. The molecule has 170 valence electrons. The van der Waals surface area contributed by atoms with E-state index in [4.69, 9.17) is 9.47 Å². The average Bonchev–Trinajstić information content (AvgIpc) is 3.56. The van der Waals surface area contributed by atoms with Gasteiger partial charge in [-0.25, -0.2) is 14.6 Å². The Morgan fingerprint density at radius 3 is 2.48 bits per heavy atom. The predicted molar refractivity (Wildman–Crippen MR) is 125 cm³/mol. The summed E-state index contributed by atoms with van der Waals surface area (Å²) in [7, 11) is 0. The number of alkyl carbamates (subject to hydrolysis) is 1. The molecule has 2 unspecified atom stereocenters. The van der Waals surface area contributed by atoms with E-state index in [1.165, 1.54) is 33.6 Å². The summed E-state index contributed by atoms with van der Waals surface area (Å²) in [5, 5.41) is 8.85. The minimum absolute atomic E-state index is 0.0166. The summed E-state index contributed by atoms with van der Waals surface area (Å²) in [5.41, 5.74) is 5.11.